The van der Waals surface area contributed by atoms with Gasteiger partial charge in [0.25, 0.3) is 0 Å². The summed E-state index contributed by atoms with van der Waals surface area (Å²) in [7, 11) is -1.74. The number of hydrogen-bond donors (Lipinski definition) is 6. The van der Waals surface area contributed by atoms with Gasteiger partial charge in [0.1, 0.15) is 5.41 Å². The number of carbonyl (C=O) groups is 2. The molecule has 9 nitrogen and oxygen atoms in total. The Morgan fingerprint density at radius 2 is 1.74 bits per heavy atom. The van der Waals surface area contributed by atoms with Crippen molar-refractivity contribution in [2.45, 2.75) is 63.3 Å². The molecule has 2 aliphatic rings. The molecule has 2 amide bonds. The molecule has 0 unspecified atom stereocenters. The van der Waals surface area contributed by atoms with Crippen LogP contribution >= 0.6 is 0 Å². The normalized spacial score (nSPS) is 18.1. The lowest BCUT2D eigenvalue weighted by atomic mass is 9.75. The fraction of sp³-hybridized carbons (Fsp3) is 0.571. The van der Waals surface area contributed by atoms with Crippen molar-refractivity contribution in [2.24, 2.45) is 21.9 Å². The second-order valence-corrected chi connectivity index (χ2v) is 8.58. The van der Waals surface area contributed by atoms with Crippen LogP contribution in [0.1, 0.15) is 49.7 Å². The van der Waals surface area contributed by atoms with Crippen LogP contribution in [-0.4, -0.2) is 53.5 Å². The maximum absolute atomic E-state index is 13.3. The Balaban J connectivity index is 1.63. The van der Waals surface area contributed by atoms with E-state index in [0.717, 1.165) is 25.7 Å². The zero-order valence-corrected chi connectivity index (χ0v) is 17.7. The molecule has 3 rings (SSSR count). The number of nitrogens with two attached hydrogens (primary N) is 2. The predicted molar refractivity (Wildman–Crippen MR) is 119 cm³/mol. The fourth-order valence-corrected chi connectivity index (χ4v) is 4.64. The molecule has 1 atom stereocenters. The van der Waals surface area contributed by atoms with E-state index in [4.69, 9.17) is 11.5 Å². The first-order valence-corrected chi connectivity index (χ1v) is 10.9. The van der Waals surface area contributed by atoms with Crippen LogP contribution in [0.4, 0.5) is 0 Å². The van der Waals surface area contributed by atoms with Crippen molar-refractivity contribution < 1.29 is 19.6 Å². The van der Waals surface area contributed by atoms with Gasteiger partial charge in [-0.3, -0.25) is 14.6 Å². The summed E-state index contributed by atoms with van der Waals surface area (Å²) in [6.07, 6.45) is 4.70. The number of fused-ring (bicyclic) bond motifs is 1. The lowest BCUT2D eigenvalue weighted by Crippen LogP contribution is -2.57. The molecule has 0 saturated heterocycles. The molecule has 1 aromatic carbocycles. The van der Waals surface area contributed by atoms with Crippen LogP contribution in [-0.2, 0) is 22.4 Å². The maximum Gasteiger partial charge on any atom is 0.475 e. The average Bonchev–Trinajstić information content (AvgIpc) is 3.37. The van der Waals surface area contributed by atoms with E-state index in [0.29, 0.717) is 25.8 Å². The van der Waals surface area contributed by atoms with Crippen LogP contribution in [0, 0.1) is 5.41 Å². The summed E-state index contributed by atoms with van der Waals surface area (Å²) in [5.74, 6) is -1.66. The molecule has 0 aromatic heterocycles. The Kier molecular flexibility index (Phi) is 7.56. The van der Waals surface area contributed by atoms with E-state index in [2.05, 4.69) is 27.8 Å². The standard InChI is InChI=1S/C21H32BN5O4/c23-20(24)25-11-5-8-17(22(30)31)27-19(29)21(9-3-4-10-21)18(28)26-16-12-14-6-1-2-7-15(14)13-16/h1-2,6-7,16-17,30-31H,3-5,8-13H2,(H,26,28)(H,27,29)(H4,23,24,25)/t17-/m0/s1. The highest BCUT2D eigenvalue weighted by Crippen LogP contribution is 2.39. The van der Waals surface area contributed by atoms with Gasteiger partial charge in [0, 0.05) is 12.6 Å². The predicted octanol–water partition coefficient (Wildman–Crippen LogP) is -0.619. The lowest BCUT2D eigenvalue weighted by Gasteiger charge is -2.30. The fourth-order valence-electron chi connectivity index (χ4n) is 4.64. The molecular formula is C21H32BN5O4. The highest BCUT2D eigenvalue weighted by atomic mass is 16.4. The van der Waals surface area contributed by atoms with E-state index in [1.807, 2.05) is 12.1 Å². The maximum atomic E-state index is 13.3. The summed E-state index contributed by atoms with van der Waals surface area (Å²) in [4.78, 5) is 30.3. The van der Waals surface area contributed by atoms with E-state index in [-0.39, 0.29) is 24.3 Å². The van der Waals surface area contributed by atoms with Crippen LogP contribution in [0.15, 0.2) is 29.3 Å². The monoisotopic (exact) mass is 429 g/mol. The minimum atomic E-state index is -1.74. The molecule has 1 saturated carbocycles. The quantitative estimate of drug-likeness (QED) is 0.101. The molecule has 0 spiro atoms. The average molecular weight is 429 g/mol. The first-order chi connectivity index (χ1) is 14.8. The number of carbonyl (C=O) groups excluding carboxylic acids is 2. The van der Waals surface area contributed by atoms with Crippen LogP contribution in [0.5, 0.6) is 0 Å². The molecule has 1 fully saturated rings. The topological polar surface area (TPSA) is 163 Å². The third-order valence-corrected chi connectivity index (χ3v) is 6.36. The zero-order valence-electron chi connectivity index (χ0n) is 17.7. The minimum absolute atomic E-state index is 0.0333. The summed E-state index contributed by atoms with van der Waals surface area (Å²) >= 11 is 0. The number of nitrogens with zero attached hydrogens (tertiary/aromatic N) is 1. The van der Waals surface area contributed by atoms with Crippen molar-refractivity contribution in [3.8, 4) is 0 Å². The van der Waals surface area contributed by atoms with E-state index < -0.39 is 24.4 Å². The second-order valence-electron chi connectivity index (χ2n) is 8.58. The highest BCUT2D eigenvalue weighted by molar-refractivity contribution is 6.43. The Labute approximate surface area is 182 Å². The van der Waals surface area contributed by atoms with Crippen LogP contribution in [0.2, 0.25) is 0 Å². The van der Waals surface area contributed by atoms with Gasteiger partial charge in [0.15, 0.2) is 5.96 Å². The smallest absolute Gasteiger partial charge is 0.426 e. The Morgan fingerprint density at radius 3 is 2.29 bits per heavy atom. The van der Waals surface area contributed by atoms with Crippen molar-refractivity contribution in [1.82, 2.24) is 10.6 Å². The van der Waals surface area contributed by atoms with Crippen LogP contribution in [0.3, 0.4) is 0 Å². The van der Waals surface area contributed by atoms with E-state index in [1.54, 1.807) is 0 Å². The first kappa shape index (κ1) is 23.1. The van der Waals surface area contributed by atoms with Gasteiger partial charge in [-0.1, -0.05) is 37.1 Å². The molecule has 0 bridgehead atoms. The van der Waals surface area contributed by atoms with Gasteiger partial charge in [0.05, 0.1) is 5.94 Å². The molecule has 168 valence electrons. The van der Waals surface area contributed by atoms with Gasteiger partial charge in [-0.05, 0) is 49.7 Å². The van der Waals surface area contributed by atoms with Crippen molar-refractivity contribution >= 4 is 24.9 Å². The van der Waals surface area contributed by atoms with E-state index >= 15 is 0 Å². The lowest BCUT2D eigenvalue weighted by molar-refractivity contribution is -0.144. The number of benzene rings is 1. The molecule has 10 heteroatoms. The largest absolute Gasteiger partial charge is 0.475 e. The zero-order chi connectivity index (χ0) is 22.4. The third-order valence-electron chi connectivity index (χ3n) is 6.36. The number of hydrogen-bond acceptors (Lipinski definition) is 5. The van der Waals surface area contributed by atoms with E-state index in [9.17, 15) is 19.6 Å². The SMILES string of the molecule is NC(N)=NCCC[C@H](NC(=O)C1(C(=O)NC2Cc3ccccc3C2)CCCC1)B(O)O. The summed E-state index contributed by atoms with van der Waals surface area (Å²) in [5.41, 5.74) is 11.9. The van der Waals surface area contributed by atoms with Crippen LogP contribution in [0.25, 0.3) is 0 Å². The summed E-state index contributed by atoms with van der Waals surface area (Å²) in [6.45, 7) is 0.315. The highest BCUT2D eigenvalue weighted by Gasteiger charge is 2.49. The second kappa shape index (κ2) is 10.1. The number of rotatable bonds is 9. The van der Waals surface area contributed by atoms with Gasteiger partial charge in [-0.15, -0.1) is 0 Å². The number of amides is 2. The van der Waals surface area contributed by atoms with E-state index in [1.165, 1.54) is 11.1 Å². The first-order valence-electron chi connectivity index (χ1n) is 10.9. The molecule has 0 heterocycles. The molecule has 0 radical (unpaired) electrons. The van der Waals surface area contributed by atoms with Gasteiger partial charge in [-0.2, -0.15) is 0 Å². The Bertz CT molecular complexity index is 797. The number of nitrogens with one attached hydrogen (secondary N) is 2. The van der Waals surface area contributed by atoms with Gasteiger partial charge < -0.3 is 32.1 Å². The molecular weight excluding hydrogens is 397 g/mol. The third kappa shape index (κ3) is 5.56. The van der Waals surface area contributed by atoms with Gasteiger partial charge in [0.2, 0.25) is 11.8 Å². The Morgan fingerprint density at radius 1 is 1.13 bits per heavy atom. The molecule has 2 aliphatic carbocycles. The van der Waals surface area contributed by atoms with Crippen molar-refractivity contribution in [1.29, 1.82) is 0 Å². The summed E-state index contributed by atoms with van der Waals surface area (Å²) < 4.78 is 0. The van der Waals surface area contributed by atoms with Gasteiger partial charge >= 0.3 is 7.12 Å². The molecule has 0 aliphatic heterocycles. The summed E-state index contributed by atoms with van der Waals surface area (Å²) in [5, 5.41) is 25.2. The van der Waals surface area contributed by atoms with Crippen molar-refractivity contribution in [2.75, 3.05) is 6.54 Å². The van der Waals surface area contributed by atoms with Crippen molar-refractivity contribution in [3.05, 3.63) is 35.4 Å². The number of aliphatic imine (C=N–C) groups is 1. The summed E-state index contributed by atoms with van der Waals surface area (Å²) in [6, 6.07) is 8.07. The molecule has 8 N–H and O–H groups in total. The molecule has 1 aromatic rings. The Hall–Kier alpha value is -2.59. The number of guanidine groups is 1. The molecule has 31 heavy (non-hydrogen) atoms. The van der Waals surface area contributed by atoms with Crippen molar-refractivity contribution in [3.63, 3.8) is 0 Å². The minimum Gasteiger partial charge on any atom is -0.426 e. The van der Waals surface area contributed by atoms with Crippen LogP contribution < -0.4 is 22.1 Å². The van der Waals surface area contributed by atoms with Gasteiger partial charge in [-0.25, -0.2) is 0 Å².